The van der Waals surface area contributed by atoms with Crippen molar-refractivity contribution in [1.82, 2.24) is 14.5 Å². The lowest BCUT2D eigenvalue weighted by Gasteiger charge is -2.27. The molecule has 1 N–H and O–H groups in total. The van der Waals surface area contributed by atoms with E-state index in [4.69, 9.17) is 9.47 Å². The van der Waals surface area contributed by atoms with Gasteiger partial charge in [-0.1, -0.05) is 0 Å². The highest BCUT2D eigenvalue weighted by Gasteiger charge is 2.23. The number of fused-ring (bicyclic) bond motifs is 1. The Hall–Kier alpha value is -3.22. The number of nitrogens with one attached hydrogen (secondary N) is 1. The molecule has 0 unspecified atom stereocenters. The average Bonchev–Trinajstić information content (AvgIpc) is 3.16. The number of pyridine rings is 1. The number of nitrogens with zero attached hydrogens (tertiary/aromatic N) is 3. The second-order valence-corrected chi connectivity index (χ2v) is 7.26. The third kappa shape index (κ3) is 3.60. The van der Waals surface area contributed by atoms with Gasteiger partial charge in [-0.25, -0.2) is 4.98 Å². The van der Waals surface area contributed by atoms with Crippen LogP contribution in [0.15, 0.2) is 36.7 Å². The number of aryl methyl sites for hydroxylation is 1. The predicted molar refractivity (Wildman–Crippen MR) is 113 cm³/mol. The molecule has 1 saturated heterocycles. The van der Waals surface area contributed by atoms with Gasteiger partial charge in [-0.05, 0) is 37.5 Å². The van der Waals surface area contributed by atoms with Crippen molar-refractivity contribution >= 4 is 28.3 Å². The number of aromatic nitrogens is 2. The van der Waals surface area contributed by atoms with E-state index in [0.717, 1.165) is 42.5 Å². The fourth-order valence-corrected chi connectivity index (χ4v) is 3.89. The second kappa shape index (κ2) is 8.03. The van der Waals surface area contributed by atoms with Gasteiger partial charge in [-0.3, -0.25) is 4.79 Å². The van der Waals surface area contributed by atoms with E-state index in [9.17, 15) is 4.79 Å². The summed E-state index contributed by atoms with van der Waals surface area (Å²) in [6.45, 7) is 1.63. The number of rotatable bonds is 5. The number of ether oxygens (including phenoxy) is 2. The summed E-state index contributed by atoms with van der Waals surface area (Å²) < 4.78 is 12.7. The topological polar surface area (TPSA) is 68.6 Å². The molecule has 0 saturated carbocycles. The number of amides is 1. The molecule has 0 radical (unpaired) electrons. The maximum Gasteiger partial charge on any atom is 0.257 e. The molecule has 2 aromatic heterocycles. The first-order chi connectivity index (χ1) is 14.1. The Morgan fingerprint density at radius 2 is 1.83 bits per heavy atom. The maximum absolute atomic E-state index is 13.1. The van der Waals surface area contributed by atoms with E-state index < -0.39 is 0 Å². The zero-order valence-corrected chi connectivity index (χ0v) is 17.1. The number of hydrogen-bond acceptors (Lipinski definition) is 5. The molecule has 7 nitrogen and oxygen atoms in total. The van der Waals surface area contributed by atoms with Crippen molar-refractivity contribution in [3.8, 4) is 11.5 Å². The van der Waals surface area contributed by atoms with Crippen LogP contribution in [0.5, 0.6) is 11.5 Å². The molecule has 1 aliphatic heterocycles. The molecular weight excluding hydrogens is 368 g/mol. The fourth-order valence-electron chi connectivity index (χ4n) is 3.89. The van der Waals surface area contributed by atoms with Crippen molar-refractivity contribution in [2.45, 2.75) is 19.3 Å². The molecular formula is C22H26N4O3. The van der Waals surface area contributed by atoms with Crippen molar-refractivity contribution in [1.29, 1.82) is 0 Å². The summed E-state index contributed by atoms with van der Waals surface area (Å²) in [5.74, 6) is 2.06. The van der Waals surface area contributed by atoms with Crippen molar-refractivity contribution in [3.63, 3.8) is 0 Å². The lowest BCUT2D eigenvalue weighted by atomic mass is 10.1. The first-order valence-corrected chi connectivity index (χ1v) is 9.84. The Balaban J connectivity index is 1.69. The maximum atomic E-state index is 13.1. The van der Waals surface area contributed by atoms with Gasteiger partial charge < -0.3 is 24.3 Å². The van der Waals surface area contributed by atoms with Gasteiger partial charge in [0.1, 0.15) is 5.82 Å². The van der Waals surface area contributed by atoms with E-state index in [1.54, 1.807) is 20.4 Å². The molecule has 0 atom stereocenters. The minimum Gasteiger partial charge on any atom is -0.493 e. The molecule has 3 aromatic rings. The van der Waals surface area contributed by atoms with Gasteiger partial charge in [0.2, 0.25) is 0 Å². The lowest BCUT2D eigenvalue weighted by molar-refractivity contribution is 0.0725. The van der Waals surface area contributed by atoms with Gasteiger partial charge >= 0.3 is 0 Å². The zero-order chi connectivity index (χ0) is 20.4. The van der Waals surface area contributed by atoms with Gasteiger partial charge in [-0.2, -0.15) is 0 Å². The van der Waals surface area contributed by atoms with Crippen LogP contribution in [0.2, 0.25) is 0 Å². The summed E-state index contributed by atoms with van der Waals surface area (Å²) in [6.07, 6.45) is 6.96. The van der Waals surface area contributed by atoms with Crippen LogP contribution in [0.3, 0.4) is 0 Å². The van der Waals surface area contributed by atoms with Gasteiger partial charge in [0, 0.05) is 49.7 Å². The van der Waals surface area contributed by atoms with E-state index in [1.807, 2.05) is 47.0 Å². The van der Waals surface area contributed by atoms with Crippen molar-refractivity contribution in [3.05, 3.63) is 42.2 Å². The van der Waals surface area contributed by atoms with E-state index in [-0.39, 0.29) is 5.91 Å². The number of carbonyl (C=O) groups excluding carboxylic acids is 1. The molecule has 29 heavy (non-hydrogen) atoms. The molecule has 3 heterocycles. The molecule has 1 amide bonds. The van der Waals surface area contributed by atoms with Gasteiger partial charge in [0.05, 0.1) is 25.3 Å². The SMILES string of the molecule is COc1ccc(Nc2ncc(C(=O)N3CCCCC3)c3c2ccn3C)cc1OC. The summed E-state index contributed by atoms with van der Waals surface area (Å²) in [5.41, 5.74) is 2.36. The molecule has 0 bridgehead atoms. The number of hydrogen-bond donors (Lipinski definition) is 1. The van der Waals surface area contributed by atoms with E-state index in [0.29, 0.717) is 22.9 Å². The third-order valence-electron chi connectivity index (χ3n) is 5.43. The molecule has 7 heteroatoms. The van der Waals surface area contributed by atoms with E-state index >= 15 is 0 Å². The highest BCUT2D eigenvalue weighted by molar-refractivity contribution is 6.08. The van der Waals surface area contributed by atoms with Crippen LogP contribution in [0.25, 0.3) is 10.9 Å². The Kier molecular flexibility index (Phi) is 5.29. The molecule has 1 aliphatic rings. The zero-order valence-electron chi connectivity index (χ0n) is 17.1. The fraction of sp³-hybridized carbons (Fsp3) is 0.364. The monoisotopic (exact) mass is 394 g/mol. The number of methoxy groups -OCH3 is 2. The molecule has 0 aliphatic carbocycles. The van der Waals surface area contributed by atoms with Gasteiger partial charge in [0.25, 0.3) is 5.91 Å². The normalized spacial score (nSPS) is 14.1. The molecule has 152 valence electrons. The van der Waals surface area contributed by atoms with Crippen molar-refractivity contribution in [2.75, 3.05) is 32.6 Å². The Morgan fingerprint density at radius 3 is 2.55 bits per heavy atom. The van der Waals surface area contributed by atoms with Crippen LogP contribution in [-0.2, 0) is 7.05 Å². The van der Waals surface area contributed by atoms with Crippen molar-refractivity contribution in [2.24, 2.45) is 7.05 Å². The molecule has 1 aromatic carbocycles. The highest BCUT2D eigenvalue weighted by Crippen LogP contribution is 2.33. The van der Waals surface area contributed by atoms with Crippen LogP contribution in [0, 0.1) is 0 Å². The van der Waals surface area contributed by atoms with E-state index in [1.165, 1.54) is 6.42 Å². The van der Waals surface area contributed by atoms with Crippen LogP contribution < -0.4 is 14.8 Å². The second-order valence-electron chi connectivity index (χ2n) is 7.26. The number of anilines is 2. The summed E-state index contributed by atoms with van der Waals surface area (Å²) in [7, 11) is 5.17. The van der Waals surface area contributed by atoms with Crippen molar-refractivity contribution < 1.29 is 14.3 Å². The standard InChI is InChI=1S/C22H26N4O3/c1-25-12-9-16-20(25)17(22(27)26-10-5-4-6-11-26)14-23-21(16)24-15-7-8-18(28-2)19(13-15)29-3/h7-9,12-14H,4-6,10-11H2,1-3H3,(H,23,24). The predicted octanol–water partition coefficient (Wildman–Crippen LogP) is 3.96. The van der Waals surface area contributed by atoms with Gasteiger partial charge in [0.15, 0.2) is 11.5 Å². The smallest absolute Gasteiger partial charge is 0.257 e. The summed E-state index contributed by atoms with van der Waals surface area (Å²) >= 11 is 0. The summed E-state index contributed by atoms with van der Waals surface area (Å²) in [5, 5.41) is 4.25. The van der Waals surface area contributed by atoms with Crippen LogP contribution in [-0.4, -0.2) is 47.7 Å². The highest BCUT2D eigenvalue weighted by atomic mass is 16.5. The number of benzene rings is 1. The number of carbonyl (C=O) groups is 1. The summed E-state index contributed by atoms with van der Waals surface area (Å²) in [4.78, 5) is 19.6. The minimum atomic E-state index is 0.0571. The largest absolute Gasteiger partial charge is 0.493 e. The average molecular weight is 394 g/mol. The van der Waals surface area contributed by atoms with Crippen LogP contribution in [0.4, 0.5) is 11.5 Å². The molecule has 4 rings (SSSR count). The Labute approximate surface area is 170 Å². The first kappa shape index (κ1) is 19.1. The summed E-state index contributed by atoms with van der Waals surface area (Å²) in [6, 6.07) is 7.60. The minimum absolute atomic E-state index is 0.0571. The van der Waals surface area contributed by atoms with Crippen LogP contribution >= 0.6 is 0 Å². The Morgan fingerprint density at radius 1 is 1.07 bits per heavy atom. The van der Waals surface area contributed by atoms with E-state index in [2.05, 4.69) is 10.3 Å². The molecule has 1 fully saturated rings. The third-order valence-corrected chi connectivity index (χ3v) is 5.43. The van der Waals surface area contributed by atoms with Gasteiger partial charge in [-0.15, -0.1) is 0 Å². The lowest BCUT2D eigenvalue weighted by Crippen LogP contribution is -2.35. The number of piperidine rings is 1. The Bertz CT molecular complexity index is 1040. The first-order valence-electron chi connectivity index (χ1n) is 9.84. The quantitative estimate of drug-likeness (QED) is 0.709. The molecule has 0 spiro atoms. The number of likely N-dealkylation sites (tertiary alicyclic amines) is 1. The van der Waals surface area contributed by atoms with Crippen LogP contribution in [0.1, 0.15) is 29.6 Å².